The number of rotatable bonds is 5. The van der Waals surface area contributed by atoms with Gasteiger partial charge in [0.15, 0.2) is 17.3 Å². The lowest BCUT2D eigenvalue weighted by molar-refractivity contribution is 0.0994. The number of fused-ring (bicyclic) bond motifs is 1. The molecule has 0 heterocycles. The van der Waals surface area contributed by atoms with E-state index in [4.69, 9.17) is 14.2 Å². The zero-order chi connectivity index (χ0) is 12.3. The average molecular weight is 236 g/mol. The van der Waals surface area contributed by atoms with E-state index in [0.29, 0.717) is 31.1 Å². The van der Waals surface area contributed by atoms with Crippen molar-refractivity contribution in [3.8, 4) is 11.5 Å². The van der Waals surface area contributed by atoms with Gasteiger partial charge in [-0.1, -0.05) is 0 Å². The van der Waals surface area contributed by atoms with E-state index in [9.17, 15) is 4.79 Å². The van der Waals surface area contributed by atoms with Crippen LogP contribution in [0.2, 0.25) is 0 Å². The zero-order valence-corrected chi connectivity index (χ0v) is 10.1. The molecule has 0 bridgehead atoms. The number of aryl methyl sites for hydroxylation is 1. The molecule has 92 valence electrons. The van der Waals surface area contributed by atoms with Crippen LogP contribution in [0.3, 0.4) is 0 Å². The van der Waals surface area contributed by atoms with Crippen LogP contribution in [0, 0.1) is 0 Å². The molecule has 4 heteroatoms. The van der Waals surface area contributed by atoms with Crippen molar-refractivity contribution in [2.24, 2.45) is 0 Å². The van der Waals surface area contributed by atoms with Crippen LogP contribution in [0.25, 0.3) is 0 Å². The SMILES string of the molecule is COCCOc1cc2c(cc1OC)CCC2=O. The summed E-state index contributed by atoms with van der Waals surface area (Å²) in [7, 11) is 3.22. The lowest BCUT2D eigenvalue weighted by Crippen LogP contribution is -2.06. The van der Waals surface area contributed by atoms with E-state index >= 15 is 0 Å². The van der Waals surface area contributed by atoms with Gasteiger partial charge in [-0.05, 0) is 24.1 Å². The van der Waals surface area contributed by atoms with Crippen LogP contribution in [-0.4, -0.2) is 33.2 Å². The molecule has 1 aliphatic rings. The molecule has 1 aromatic carbocycles. The number of hydrogen-bond acceptors (Lipinski definition) is 4. The second kappa shape index (κ2) is 5.19. The molecule has 0 saturated heterocycles. The standard InChI is InChI=1S/C13H16O4/c1-15-5-6-17-13-8-10-9(3-4-11(10)14)7-12(13)16-2/h7-8H,3-6H2,1-2H3. The highest BCUT2D eigenvalue weighted by atomic mass is 16.5. The molecule has 0 amide bonds. The van der Waals surface area contributed by atoms with Gasteiger partial charge in [-0.15, -0.1) is 0 Å². The summed E-state index contributed by atoms with van der Waals surface area (Å²) in [5.41, 5.74) is 1.81. The molecule has 2 rings (SSSR count). The minimum absolute atomic E-state index is 0.180. The first kappa shape index (κ1) is 11.9. The number of benzene rings is 1. The number of methoxy groups -OCH3 is 2. The molecule has 0 saturated carbocycles. The zero-order valence-electron chi connectivity index (χ0n) is 10.1. The van der Waals surface area contributed by atoms with E-state index in [2.05, 4.69) is 0 Å². The van der Waals surface area contributed by atoms with Gasteiger partial charge in [0.25, 0.3) is 0 Å². The minimum Gasteiger partial charge on any atom is -0.493 e. The predicted molar refractivity (Wildman–Crippen MR) is 63.0 cm³/mol. The lowest BCUT2D eigenvalue weighted by Gasteiger charge is -2.12. The summed E-state index contributed by atoms with van der Waals surface area (Å²) in [6.45, 7) is 0.952. The van der Waals surface area contributed by atoms with E-state index < -0.39 is 0 Å². The molecule has 0 radical (unpaired) electrons. The number of carbonyl (C=O) groups excluding carboxylic acids is 1. The summed E-state index contributed by atoms with van der Waals surface area (Å²) in [5.74, 6) is 1.47. The highest BCUT2D eigenvalue weighted by Crippen LogP contribution is 2.34. The molecule has 17 heavy (non-hydrogen) atoms. The largest absolute Gasteiger partial charge is 0.493 e. The third-order valence-electron chi connectivity index (χ3n) is 2.86. The van der Waals surface area contributed by atoms with E-state index in [1.807, 2.05) is 6.07 Å². The Kier molecular flexibility index (Phi) is 3.64. The third-order valence-corrected chi connectivity index (χ3v) is 2.86. The van der Waals surface area contributed by atoms with Crippen molar-refractivity contribution in [2.75, 3.05) is 27.4 Å². The summed E-state index contributed by atoms with van der Waals surface area (Å²) in [4.78, 5) is 11.6. The smallest absolute Gasteiger partial charge is 0.163 e. The Hall–Kier alpha value is -1.55. The summed E-state index contributed by atoms with van der Waals surface area (Å²) in [5, 5.41) is 0. The van der Waals surface area contributed by atoms with Crippen LogP contribution in [0.15, 0.2) is 12.1 Å². The fourth-order valence-corrected chi connectivity index (χ4v) is 1.96. The Labute approximate surface area is 100 Å². The van der Waals surface area contributed by atoms with Gasteiger partial charge >= 0.3 is 0 Å². The third kappa shape index (κ3) is 2.42. The molecule has 0 fully saturated rings. The topological polar surface area (TPSA) is 44.8 Å². The minimum atomic E-state index is 0.180. The second-order valence-corrected chi connectivity index (χ2v) is 3.92. The van der Waals surface area contributed by atoms with E-state index in [-0.39, 0.29) is 5.78 Å². The first-order chi connectivity index (χ1) is 8.26. The maximum atomic E-state index is 11.6. The van der Waals surface area contributed by atoms with Gasteiger partial charge < -0.3 is 14.2 Å². The molecule has 1 aliphatic carbocycles. The molecule has 0 aliphatic heterocycles. The Morgan fingerprint density at radius 1 is 1.12 bits per heavy atom. The Morgan fingerprint density at radius 3 is 2.65 bits per heavy atom. The Morgan fingerprint density at radius 2 is 1.94 bits per heavy atom. The van der Waals surface area contributed by atoms with Gasteiger partial charge in [0.05, 0.1) is 13.7 Å². The van der Waals surface area contributed by atoms with E-state index in [0.717, 1.165) is 17.5 Å². The maximum Gasteiger partial charge on any atom is 0.163 e. The van der Waals surface area contributed by atoms with E-state index in [1.165, 1.54) is 0 Å². The number of hydrogen-bond donors (Lipinski definition) is 0. The van der Waals surface area contributed by atoms with Gasteiger partial charge in [-0.3, -0.25) is 4.79 Å². The number of Topliss-reactive ketones (excluding diaryl/α,β-unsaturated/α-hetero) is 1. The van der Waals surface area contributed by atoms with Gasteiger partial charge in [-0.2, -0.15) is 0 Å². The van der Waals surface area contributed by atoms with Crippen LogP contribution in [0.4, 0.5) is 0 Å². The van der Waals surface area contributed by atoms with Gasteiger partial charge in [0.1, 0.15) is 6.61 Å². The fraction of sp³-hybridized carbons (Fsp3) is 0.462. The molecule has 4 nitrogen and oxygen atoms in total. The van der Waals surface area contributed by atoms with Crippen molar-refractivity contribution in [3.05, 3.63) is 23.3 Å². The molecule has 0 aromatic heterocycles. The van der Waals surface area contributed by atoms with Crippen LogP contribution in [-0.2, 0) is 11.2 Å². The van der Waals surface area contributed by atoms with Crippen molar-refractivity contribution in [1.82, 2.24) is 0 Å². The summed E-state index contributed by atoms with van der Waals surface area (Å²) < 4.78 is 15.7. The number of ether oxygens (including phenoxy) is 3. The van der Waals surface area contributed by atoms with Crippen molar-refractivity contribution >= 4 is 5.78 Å². The second-order valence-electron chi connectivity index (χ2n) is 3.92. The van der Waals surface area contributed by atoms with Crippen molar-refractivity contribution in [1.29, 1.82) is 0 Å². The first-order valence-corrected chi connectivity index (χ1v) is 5.62. The Bertz CT molecular complexity index is 426. The van der Waals surface area contributed by atoms with Crippen LogP contribution < -0.4 is 9.47 Å². The van der Waals surface area contributed by atoms with Crippen LogP contribution in [0.1, 0.15) is 22.3 Å². The maximum absolute atomic E-state index is 11.6. The highest BCUT2D eigenvalue weighted by molar-refractivity contribution is 6.01. The summed E-state index contributed by atoms with van der Waals surface area (Å²) in [6.07, 6.45) is 1.38. The lowest BCUT2D eigenvalue weighted by atomic mass is 10.1. The Balaban J connectivity index is 2.24. The van der Waals surface area contributed by atoms with Crippen molar-refractivity contribution in [3.63, 3.8) is 0 Å². The van der Waals surface area contributed by atoms with Crippen LogP contribution >= 0.6 is 0 Å². The summed E-state index contributed by atoms with van der Waals surface area (Å²) in [6, 6.07) is 3.67. The van der Waals surface area contributed by atoms with Crippen molar-refractivity contribution in [2.45, 2.75) is 12.8 Å². The molecule has 0 unspecified atom stereocenters. The predicted octanol–water partition coefficient (Wildman–Crippen LogP) is 1.85. The molecule has 0 spiro atoms. The summed E-state index contributed by atoms with van der Waals surface area (Å²) >= 11 is 0. The number of carbonyl (C=O) groups is 1. The molecule has 0 atom stereocenters. The van der Waals surface area contributed by atoms with Crippen LogP contribution in [0.5, 0.6) is 11.5 Å². The average Bonchev–Trinajstić information content (AvgIpc) is 2.70. The van der Waals surface area contributed by atoms with E-state index in [1.54, 1.807) is 20.3 Å². The van der Waals surface area contributed by atoms with Crippen molar-refractivity contribution < 1.29 is 19.0 Å². The normalized spacial score (nSPS) is 13.6. The van der Waals surface area contributed by atoms with Gasteiger partial charge in [-0.25, -0.2) is 0 Å². The molecule has 0 N–H and O–H groups in total. The first-order valence-electron chi connectivity index (χ1n) is 5.62. The molecule has 1 aromatic rings. The molecular weight excluding hydrogens is 220 g/mol. The fourth-order valence-electron chi connectivity index (χ4n) is 1.96. The van der Waals surface area contributed by atoms with Gasteiger partial charge in [0.2, 0.25) is 0 Å². The molecular formula is C13H16O4. The quantitative estimate of drug-likeness (QED) is 0.732. The highest BCUT2D eigenvalue weighted by Gasteiger charge is 2.22. The van der Waals surface area contributed by atoms with Gasteiger partial charge in [0, 0.05) is 19.1 Å². The monoisotopic (exact) mass is 236 g/mol. The number of ketones is 1.